The van der Waals surface area contributed by atoms with Crippen LogP contribution in [-0.4, -0.2) is 57.3 Å². The van der Waals surface area contributed by atoms with E-state index in [2.05, 4.69) is 20.5 Å². The molecule has 0 bridgehead atoms. The highest BCUT2D eigenvalue weighted by Gasteiger charge is 2.19. The van der Waals surface area contributed by atoms with Crippen molar-refractivity contribution >= 4 is 5.91 Å². The third-order valence-corrected chi connectivity index (χ3v) is 4.13. The van der Waals surface area contributed by atoms with Crippen molar-refractivity contribution in [3.05, 3.63) is 52.7 Å². The Balaban J connectivity index is 2.11. The van der Waals surface area contributed by atoms with Crippen LogP contribution in [0.5, 0.6) is 5.88 Å². The molecule has 10 nitrogen and oxygen atoms in total. The lowest BCUT2D eigenvalue weighted by Crippen LogP contribution is -2.39. The van der Waals surface area contributed by atoms with Gasteiger partial charge in [0.2, 0.25) is 5.88 Å². The molecular formula is C19H22N6O4. The summed E-state index contributed by atoms with van der Waals surface area (Å²) < 4.78 is 12.8. The van der Waals surface area contributed by atoms with Gasteiger partial charge in [-0.3, -0.25) is 14.3 Å². The van der Waals surface area contributed by atoms with Gasteiger partial charge in [0.1, 0.15) is 11.3 Å². The molecule has 0 saturated heterocycles. The number of hydrogen-bond donors (Lipinski definition) is 1. The van der Waals surface area contributed by atoms with E-state index in [9.17, 15) is 9.59 Å². The number of methoxy groups -OCH3 is 2. The topological polar surface area (TPSA) is 113 Å². The number of amides is 1. The maximum atomic E-state index is 13.0. The predicted molar refractivity (Wildman–Crippen MR) is 105 cm³/mol. The van der Waals surface area contributed by atoms with E-state index >= 15 is 0 Å². The van der Waals surface area contributed by atoms with Crippen molar-refractivity contribution in [2.24, 2.45) is 7.05 Å². The van der Waals surface area contributed by atoms with Crippen molar-refractivity contribution in [2.45, 2.75) is 13.0 Å². The van der Waals surface area contributed by atoms with Gasteiger partial charge in [-0.2, -0.15) is 14.9 Å². The number of nitrogens with one attached hydrogen (secondary N) is 1. The fraction of sp³-hybridized carbons (Fsp3) is 0.316. The summed E-state index contributed by atoms with van der Waals surface area (Å²) in [5, 5.41) is 11.2. The molecule has 0 aromatic carbocycles. The molecule has 3 aromatic rings. The number of pyridine rings is 1. The third kappa shape index (κ3) is 4.49. The van der Waals surface area contributed by atoms with Crippen molar-refractivity contribution in [2.75, 3.05) is 20.8 Å². The smallest absolute Gasteiger partial charge is 0.284 e. The van der Waals surface area contributed by atoms with Crippen LogP contribution in [0.25, 0.3) is 16.9 Å². The number of hydrogen-bond acceptors (Lipinski definition) is 7. The second-order valence-electron chi connectivity index (χ2n) is 6.45. The Morgan fingerprint density at radius 2 is 2.07 bits per heavy atom. The molecule has 29 heavy (non-hydrogen) atoms. The highest BCUT2D eigenvalue weighted by Crippen LogP contribution is 2.19. The number of aromatic nitrogens is 5. The first-order valence-corrected chi connectivity index (χ1v) is 8.86. The lowest BCUT2D eigenvalue weighted by molar-refractivity contribution is 0.0903. The second kappa shape index (κ2) is 8.65. The number of ether oxygens (including phenoxy) is 2. The molecule has 0 fully saturated rings. The van der Waals surface area contributed by atoms with Gasteiger partial charge in [-0.25, -0.2) is 4.98 Å². The van der Waals surface area contributed by atoms with E-state index in [4.69, 9.17) is 9.47 Å². The van der Waals surface area contributed by atoms with E-state index in [-0.39, 0.29) is 11.6 Å². The molecule has 0 aliphatic carbocycles. The van der Waals surface area contributed by atoms with Crippen LogP contribution in [0, 0.1) is 0 Å². The number of carbonyl (C=O) groups is 1. The van der Waals surface area contributed by atoms with Gasteiger partial charge in [-0.05, 0) is 19.1 Å². The minimum Gasteiger partial charge on any atom is -0.481 e. The summed E-state index contributed by atoms with van der Waals surface area (Å²) in [6.45, 7) is 2.11. The Kier molecular flexibility index (Phi) is 6.03. The van der Waals surface area contributed by atoms with Gasteiger partial charge >= 0.3 is 0 Å². The molecular weight excluding hydrogens is 376 g/mol. The molecule has 0 saturated carbocycles. The summed E-state index contributed by atoms with van der Waals surface area (Å²) >= 11 is 0. The van der Waals surface area contributed by atoms with E-state index in [1.165, 1.54) is 19.4 Å². The summed E-state index contributed by atoms with van der Waals surface area (Å²) in [7, 11) is 4.79. The van der Waals surface area contributed by atoms with E-state index in [0.29, 0.717) is 29.4 Å². The quantitative estimate of drug-likeness (QED) is 0.626. The molecule has 0 spiro atoms. The summed E-state index contributed by atoms with van der Waals surface area (Å²) in [4.78, 5) is 29.9. The monoisotopic (exact) mass is 398 g/mol. The first kappa shape index (κ1) is 20.2. The summed E-state index contributed by atoms with van der Waals surface area (Å²) in [5.41, 5.74) is 0.887. The molecule has 3 rings (SSSR count). The fourth-order valence-corrected chi connectivity index (χ4v) is 2.74. The summed E-state index contributed by atoms with van der Waals surface area (Å²) in [6.07, 6.45) is 4.70. The Labute approximate surface area is 167 Å². The fourth-order valence-electron chi connectivity index (χ4n) is 2.74. The molecule has 1 amide bonds. The third-order valence-electron chi connectivity index (χ3n) is 4.13. The van der Waals surface area contributed by atoms with Crippen LogP contribution < -0.4 is 15.6 Å². The average molecular weight is 398 g/mol. The van der Waals surface area contributed by atoms with Gasteiger partial charge in [-0.1, -0.05) is 0 Å². The molecule has 0 aliphatic rings. The largest absolute Gasteiger partial charge is 0.481 e. The van der Waals surface area contributed by atoms with Gasteiger partial charge in [0.25, 0.3) is 11.5 Å². The van der Waals surface area contributed by atoms with Gasteiger partial charge in [0.15, 0.2) is 0 Å². The Morgan fingerprint density at radius 1 is 1.28 bits per heavy atom. The SMILES string of the molecule is COC[C@H](C)NC(=O)c1cc(-c2ccc(OC)nc2)nn(-c2cnn(C)c2)c1=O. The molecule has 0 aliphatic heterocycles. The summed E-state index contributed by atoms with van der Waals surface area (Å²) in [5.74, 6) is -0.0667. The molecule has 3 aromatic heterocycles. The molecule has 1 N–H and O–H groups in total. The van der Waals surface area contributed by atoms with E-state index in [1.807, 2.05) is 0 Å². The van der Waals surface area contributed by atoms with E-state index in [0.717, 1.165) is 4.68 Å². The molecule has 1 atom stereocenters. The van der Waals surface area contributed by atoms with Crippen LogP contribution >= 0.6 is 0 Å². The van der Waals surface area contributed by atoms with Crippen LogP contribution in [0.4, 0.5) is 0 Å². The zero-order valence-corrected chi connectivity index (χ0v) is 16.6. The van der Waals surface area contributed by atoms with Crippen LogP contribution in [-0.2, 0) is 11.8 Å². The first-order valence-electron chi connectivity index (χ1n) is 8.86. The Morgan fingerprint density at radius 3 is 2.66 bits per heavy atom. The molecule has 152 valence electrons. The number of carbonyl (C=O) groups excluding carboxylic acids is 1. The van der Waals surface area contributed by atoms with Crippen LogP contribution in [0.2, 0.25) is 0 Å². The zero-order chi connectivity index (χ0) is 21.0. The Hall–Kier alpha value is -3.53. The van der Waals surface area contributed by atoms with Gasteiger partial charge in [0.05, 0.1) is 31.8 Å². The number of nitrogens with zero attached hydrogens (tertiary/aromatic N) is 5. The molecule has 0 unspecified atom stereocenters. The summed E-state index contributed by atoms with van der Waals surface area (Å²) in [6, 6.07) is 4.62. The van der Waals surface area contributed by atoms with Crippen LogP contribution in [0.15, 0.2) is 41.6 Å². The number of rotatable bonds is 7. The van der Waals surface area contributed by atoms with Crippen molar-refractivity contribution in [3.63, 3.8) is 0 Å². The van der Waals surface area contributed by atoms with Crippen LogP contribution in [0.3, 0.4) is 0 Å². The number of aryl methyl sites for hydroxylation is 1. The highest BCUT2D eigenvalue weighted by molar-refractivity contribution is 5.95. The molecule has 10 heteroatoms. The maximum absolute atomic E-state index is 13.0. The standard InChI is InChI=1S/C19H22N6O4/c1-12(11-28-3)22-18(26)15-7-16(13-5-6-17(29-4)20-8-13)23-25(19(15)27)14-9-21-24(2)10-14/h5-10,12H,11H2,1-4H3,(H,22,26)/t12-/m0/s1. The molecule has 0 radical (unpaired) electrons. The first-order chi connectivity index (χ1) is 13.9. The second-order valence-corrected chi connectivity index (χ2v) is 6.45. The van der Waals surface area contributed by atoms with Crippen molar-refractivity contribution in [1.82, 2.24) is 29.9 Å². The van der Waals surface area contributed by atoms with Crippen LogP contribution in [0.1, 0.15) is 17.3 Å². The highest BCUT2D eigenvalue weighted by atomic mass is 16.5. The minimum atomic E-state index is -0.551. The predicted octanol–water partition coefficient (Wildman–Crippen LogP) is 0.801. The zero-order valence-electron chi connectivity index (χ0n) is 16.6. The normalized spacial score (nSPS) is 11.9. The molecule has 3 heterocycles. The van der Waals surface area contributed by atoms with Crippen molar-refractivity contribution in [1.29, 1.82) is 0 Å². The van der Waals surface area contributed by atoms with Gasteiger partial charge in [-0.15, -0.1) is 0 Å². The minimum absolute atomic E-state index is 0.0439. The van der Waals surface area contributed by atoms with E-state index in [1.54, 1.807) is 50.3 Å². The maximum Gasteiger partial charge on any atom is 0.284 e. The lowest BCUT2D eigenvalue weighted by atomic mass is 10.1. The van der Waals surface area contributed by atoms with Crippen molar-refractivity contribution in [3.8, 4) is 22.8 Å². The van der Waals surface area contributed by atoms with E-state index < -0.39 is 11.5 Å². The van der Waals surface area contributed by atoms with Gasteiger partial charge < -0.3 is 14.8 Å². The Bertz CT molecular complexity index is 1060. The van der Waals surface area contributed by atoms with Crippen molar-refractivity contribution < 1.29 is 14.3 Å². The average Bonchev–Trinajstić information content (AvgIpc) is 3.14. The lowest BCUT2D eigenvalue weighted by Gasteiger charge is -2.14. The van der Waals surface area contributed by atoms with Gasteiger partial charge in [0, 0.05) is 38.0 Å².